The molecular weight excluding hydrogens is 260 g/mol. The number of rotatable bonds is 0. The highest BCUT2D eigenvalue weighted by atomic mass is 79.9. The Balaban J connectivity index is 2.82. The molecule has 0 aliphatic heterocycles. The number of hydrogen-bond donors (Lipinski definition) is 0. The minimum atomic E-state index is 0.621. The third kappa shape index (κ3) is 1.29. The van der Waals surface area contributed by atoms with Crippen LogP contribution in [0.1, 0.15) is 10.4 Å². The van der Waals surface area contributed by atoms with Crippen LogP contribution < -0.4 is 0 Å². The molecule has 0 aliphatic carbocycles. The van der Waals surface area contributed by atoms with Gasteiger partial charge in [-0.05, 0) is 28.1 Å². The fourth-order valence-electron chi connectivity index (χ4n) is 1.21. The molecule has 0 atom stereocenters. The Bertz CT molecular complexity index is 586. The zero-order valence-corrected chi connectivity index (χ0v) is 9.32. The molecule has 66 valence electrons. The first-order valence-corrected chi connectivity index (χ1v) is 5.39. The van der Waals surface area contributed by atoms with Crippen molar-refractivity contribution in [1.82, 2.24) is 0 Å². The van der Waals surface area contributed by atoms with Crippen molar-refractivity contribution in [1.29, 1.82) is 10.5 Å². The van der Waals surface area contributed by atoms with E-state index >= 15 is 0 Å². The topological polar surface area (TPSA) is 47.6 Å². The molecule has 0 unspecified atom stereocenters. The molecule has 1 aromatic carbocycles. The first-order valence-electron chi connectivity index (χ1n) is 3.78. The van der Waals surface area contributed by atoms with Crippen LogP contribution in [0.3, 0.4) is 0 Å². The molecular formula is C10H3BrN2S. The van der Waals surface area contributed by atoms with E-state index in [9.17, 15) is 0 Å². The van der Waals surface area contributed by atoms with Gasteiger partial charge in [-0.2, -0.15) is 10.5 Å². The maximum atomic E-state index is 8.81. The highest BCUT2D eigenvalue weighted by Gasteiger charge is 2.09. The van der Waals surface area contributed by atoms with Gasteiger partial charge in [0, 0.05) is 10.1 Å². The monoisotopic (exact) mass is 262 g/mol. The summed E-state index contributed by atoms with van der Waals surface area (Å²) in [5.74, 6) is 0. The van der Waals surface area contributed by atoms with Crippen molar-refractivity contribution in [3.05, 3.63) is 33.1 Å². The number of benzene rings is 1. The van der Waals surface area contributed by atoms with Gasteiger partial charge in [0.1, 0.15) is 10.9 Å². The molecule has 0 fully saturated rings. The average Bonchev–Trinajstić information content (AvgIpc) is 2.55. The van der Waals surface area contributed by atoms with Crippen LogP contribution in [0, 0.1) is 22.7 Å². The van der Waals surface area contributed by atoms with E-state index in [0.717, 1.165) is 14.6 Å². The van der Waals surface area contributed by atoms with Crippen molar-refractivity contribution in [2.45, 2.75) is 0 Å². The summed E-state index contributed by atoms with van der Waals surface area (Å²) in [6.07, 6.45) is 0. The van der Waals surface area contributed by atoms with Gasteiger partial charge < -0.3 is 0 Å². The molecule has 2 aromatic rings. The first-order chi connectivity index (χ1) is 6.76. The molecule has 1 aromatic heterocycles. The number of hydrogen-bond acceptors (Lipinski definition) is 3. The number of nitriles is 2. The van der Waals surface area contributed by atoms with Gasteiger partial charge in [0.15, 0.2) is 0 Å². The number of halogens is 1. The highest BCUT2D eigenvalue weighted by molar-refractivity contribution is 9.10. The first kappa shape index (κ1) is 9.21. The van der Waals surface area contributed by atoms with Gasteiger partial charge in [0.05, 0.1) is 16.1 Å². The summed E-state index contributed by atoms with van der Waals surface area (Å²) in [4.78, 5) is 0.648. The maximum Gasteiger partial charge on any atom is 0.120 e. The molecule has 0 N–H and O–H groups in total. The summed E-state index contributed by atoms with van der Waals surface area (Å²) < 4.78 is 1.79. The lowest BCUT2D eigenvalue weighted by Crippen LogP contribution is -1.71. The molecule has 0 saturated carbocycles. The van der Waals surface area contributed by atoms with Gasteiger partial charge >= 0.3 is 0 Å². The minimum Gasteiger partial charge on any atom is -0.192 e. The summed E-state index contributed by atoms with van der Waals surface area (Å²) in [7, 11) is 0. The summed E-state index contributed by atoms with van der Waals surface area (Å²) in [5, 5.41) is 18.5. The lowest BCUT2D eigenvalue weighted by Gasteiger charge is -1.89. The summed E-state index contributed by atoms with van der Waals surface area (Å²) in [5.41, 5.74) is 0.621. The second-order valence-electron chi connectivity index (χ2n) is 2.68. The smallest absolute Gasteiger partial charge is 0.120 e. The van der Waals surface area contributed by atoms with Gasteiger partial charge in [-0.25, -0.2) is 0 Å². The summed E-state index contributed by atoms with van der Waals surface area (Å²) >= 11 is 4.76. The van der Waals surface area contributed by atoms with Crippen molar-refractivity contribution in [3.63, 3.8) is 0 Å². The zero-order chi connectivity index (χ0) is 10.1. The predicted octanol–water partition coefficient (Wildman–Crippen LogP) is 3.41. The van der Waals surface area contributed by atoms with Crippen LogP contribution in [0.4, 0.5) is 0 Å². The molecule has 1 heterocycles. The van der Waals surface area contributed by atoms with Gasteiger partial charge in [0.25, 0.3) is 0 Å². The average molecular weight is 263 g/mol. The van der Waals surface area contributed by atoms with Gasteiger partial charge in [-0.15, -0.1) is 11.3 Å². The SMILES string of the molecule is N#Cc1ccc2c(Br)c(C#N)sc2c1. The van der Waals surface area contributed by atoms with Crippen LogP contribution in [0.2, 0.25) is 0 Å². The van der Waals surface area contributed by atoms with Crippen molar-refractivity contribution in [3.8, 4) is 12.1 Å². The third-order valence-corrected chi connectivity index (χ3v) is 4.00. The fourth-order valence-corrected chi connectivity index (χ4v) is 2.95. The minimum absolute atomic E-state index is 0.621. The van der Waals surface area contributed by atoms with E-state index in [4.69, 9.17) is 10.5 Å². The molecule has 0 bridgehead atoms. The Kier molecular flexibility index (Phi) is 2.25. The van der Waals surface area contributed by atoms with Crippen LogP contribution in [0.15, 0.2) is 22.7 Å². The Morgan fingerprint density at radius 1 is 1.21 bits per heavy atom. The quantitative estimate of drug-likeness (QED) is 0.731. The Hall–Kier alpha value is -1.36. The molecule has 0 aliphatic rings. The Morgan fingerprint density at radius 2 is 2.00 bits per heavy atom. The predicted molar refractivity (Wildman–Crippen MR) is 59.0 cm³/mol. The van der Waals surface area contributed by atoms with Crippen LogP contribution in [0.5, 0.6) is 0 Å². The Labute approximate surface area is 93.1 Å². The third-order valence-electron chi connectivity index (χ3n) is 1.86. The molecule has 2 rings (SSSR count). The van der Waals surface area contributed by atoms with E-state index in [2.05, 4.69) is 28.1 Å². The summed E-state index contributed by atoms with van der Waals surface area (Å²) in [6.45, 7) is 0. The van der Waals surface area contributed by atoms with E-state index in [1.807, 2.05) is 6.07 Å². The molecule has 0 amide bonds. The number of fused-ring (bicyclic) bond motifs is 1. The lowest BCUT2D eigenvalue weighted by molar-refractivity contribution is 1.50. The van der Waals surface area contributed by atoms with E-state index in [0.29, 0.717) is 10.4 Å². The molecule has 0 spiro atoms. The zero-order valence-electron chi connectivity index (χ0n) is 6.91. The summed E-state index contributed by atoms with van der Waals surface area (Å²) in [6, 6.07) is 9.59. The second kappa shape index (κ2) is 3.42. The van der Waals surface area contributed by atoms with E-state index in [1.54, 1.807) is 12.1 Å². The lowest BCUT2D eigenvalue weighted by atomic mass is 10.2. The van der Waals surface area contributed by atoms with Crippen molar-refractivity contribution in [2.75, 3.05) is 0 Å². The number of thiophene rings is 1. The fraction of sp³-hybridized carbons (Fsp3) is 0. The van der Waals surface area contributed by atoms with Gasteiger partial charge in [-0.1, -0.05) is 6.07 Å². The second-order valence-corrected chi connectivity index (χ2v) is 4.52. The van der Waals surface area contributed by atoms with Crippen molar-refractivity contribution in [2.24, 2.45) is 0 Å². The van der Waals surface area contributed by atoms with Crippen LogP contribution >= 0.6 is 27.3 Å². The molecule has 4 heteroatoms. The highest BCUT2D eigenvalue weighted by Crippen LogP contribution is 2.35. The molecule has 0 radical (unpaired) electrons. The normalized spacial score (nSPS) is 9.64. The van der Waals surface area contributed by atoms with Crippen molar-refractivity contribution >= 4 is 37.4 Å². The van der Waals surface area contributed by atoms with E-state index in [-0.39, 0.29) is 0 Å². The molecule has 14 heavy (non-hydrogen) atoms. The number of nitrogens with zero attached hydrogens (tertiary/aromatic N) is 2. The largest absolute Gasteiger partial charge is 0.192 e. The van der Waals surface area contributed by atoms with Crippen LogP contribution in [-0.4, -0.2) is 0 Å². The van der Waals surface area contributed by atoms with Crippen LogP contribution in [0.25, 0.3) is 10.1 Å². The standard InChI is InChI=1S/C10H3BrN2S/c11-10-7-2-1-6(4-12)3-8(7)14-9(10)5-13/h1-3H. The van der Waals surface area contributed by atoms with E-state index in [1.165, 1.54) is 11.3 Å². The van der Waals surface area contributed by atoms with E-state index < -0.39 is 0 Å². The van der Waals surface area contributed by atoms with Crippen molar-refractivity contribution < 1.29 is 0 Å². The maximum absolute atomic E-state index is 8.81. The Morgan fingerprint density at radius 3 is 2.64 bits per heavy atom. The van der Waals surface area contributed by atoms with Crippen LogP contribution in [-0.2, 0) is 0 Å². The van der Waals surface area contributed by atoms with Gasteiger partial charge in [-0.3, -0.25) is 0 Å². The molecule has 0 saturated heterocycles. The van der Waals surface area contributed by atoms with Gasteiger partial charge in [0.2, 0.25) is 0 Å². The molecule has 2 nitrogen and oxygen atoms in total.